The third kappa shape index (κ3) is 5.13. The summed E-state index contributed by atoms with van der Waals surface area (Å²) >= 11 is 13.8. The van der Waals surface area contributed by atoms with Crippen LogP contribution < -0.4 is 9.64 Å². The first-order chi connectivity index (χ1) is 13.3. The van der Waals surface area contributed by atoms with E-state index in [-0.39, 0.29) is 18.3 Å². The van der Waals surface area contributed by atoms with Crippen LogP contribution in [-0.2, 0) is 0 Å². The number of rotatable bonds is 6. The van der Waals surface area contributed by atoms with E-state index < -0.39 is 0 Å². The molecular weight excluding hydrogens is 453 g/mol. The molecule has 0 bridgehead atoms. The van der Waals surface area contributed by atoms with Crippen molar-refractivity contribution in [3.8, 4) is 5.75 Å². The van der Waals surface area contributed by atoms with Crippen LogP contribution in [0.2, 0.25) is 10.0 Å². The van der Waals surface area contributed by atoms with Gasteiger partial charge >= 0.3 is 0 Å². The van der Waals surface area contributed by atoms with Gasteiger partial charge in [0.1, 0.15) is 5.75 Å². The molecule has 9 heteroatoms. The van der Waals surface area contributed by atoms with Crippen molar-refractivity contribution in [1.29, 1.82) is 0 Å². The Morgan fingerprint density at radius 1 is 1.17 bits per heavy atom. The zero-order valence-corrected chi connectivity index (χ0v) is 19.7. The van der Waals surface area contributed by atoms with Gasteiger partial charge < -0.3 is 9.64 Å². The molecule has 29 heavy (non-hydrogen) atoms. The largest absolute Gasteiger partial charge is 0.496 e. The highest BCUT2D eigenvalue weighted by Gasteiger charge is 2.25. The Morgan fingerprint density at radius 2 is 1.90 bits per heavy atom. The molecule has 3 rings (SSSR count). The number of hydrogen-bond donors (Lipinski definition) is 0. The SMILES string of the molecule is COc1ccc(Cl)cc1C(=O)N(CCN(C)C)c1nc2c(C)c(Cl)ccc2s1.Cl. The molecule has 0 N–H and O–H groups in total. The molecule has 1 amide bonds. The van der Waals surface area contributed by atoms with Crippen molar-refractivity contribution in [3.05, 3.63) is 51.5 Å². The highest BCUT2D eigenvalue weighted by atomic mass is 35.5. The summed E-state index contributed by atoms with van der Waals surface area (Å²) in [7, 11) is 5.46. The van der Waals surface area contributed by atoms with E-state index in [0.29, 0.717) is 39.6 Å². The van der Waals surface area contributed by atoms with E-state index in [1.807, 2.05) is 38.1 Å². The Morgan fingerprint density at radius 3 is 2.55 bits per heavy atom. The predicted molar refractivity (Wildman–Crippen MR) is 125 cm³/mol. The zero-order valence-electron chi connectivity index (χ0n) is 16.5. The molecule has 0 radical (unpaired) electrons. The molecule has 0 aliphatic carbocycles. The minimum atomic E-state index is -0.205. The van der Waals surface area contributed by atoms with Crippen LogP contribution in [-0.4, -0.2) is 50.1 Å². The third-order valence-electron chi connectivity index (χ3n) is 4.38. The molecule has 0 saturated carbocycles. The van der Waals surface area contributed by atoms with E-state index in [9.17, 15) is 4.79 Å². The van der Waals surface area contributed by atoms with Crippen LogP contribution in [0.15, 0.2) is 30.3 Å². The number of aryl methyl sites for hydroxylation is 1. The molecular formula is C20H22Cl3N3O2S. The number of nitrogens with zero attached hydrogens (tertiary/aromatic N) is 3. The molecule has 0 fully saturated rings. The van der Waals surface area contributed by atoms with Gasteiger partial charge in [0.05, 0.1) is 22.9 Å². The smallest absolute Gasteiger partial charge is 0.263 e. The molecule has 0 aliphatic rings. The lowest BCUT2D eigenvalue weighted by molar-refractivity contribution is 0.0982. The lowest BCUT2D eigenvalue weighted by Crippen LogP contribution is -2.37. The number of thiazole rings is 1. The average Bonchev–Trinajstić information content (AvgIpc) is 3.09. The number of ether oxygens (including phenoxy) is 1. The van der Waals surface area contributed by atoms with Gasteiger partial charge in [-0.25, -0.2) is 4.98 Å². The second-order valence-corrected chi connectivity index (χ2v) is 8.47. The van der Waals surface area contributed by atoms with Crippen LogP contribution in [0.5, 0.6) is 5.75 Å². The first-order valence-electron chi connectivity index (χ1n) is 8.67. The van der Waals surface area contributed by atoms with Gasteiger partial charge in [0, 0.05) is 23.1 Å². The van der Waals surface area contributed by atoms with E-state index in [1.165, 1.54) is 18.4 Å². The van der Waals surface area contributed by atoms with Crippen molar-refractivity contribution in [3.63, 3.8) is 0 Å². The minimum Gasteiger partial charge on any atom is -0.496 e. The normalized spacial score (nSPS) is 10.9. The fourth-order valence-corrected chi connectivity index (χ4v) is 4.16. The van der Waals surface area contributed by atoms with Gasteiger partial charge in [0.25, 0.3) is 5.91 Å². The number of fused-ring (bicyclic) bond motifs is 1. The quantitative estimate of drug-likeness (QED) is 0.470. The topological polar surface area (TPSA) is 45.7 Å². The second-order valence-electron chi connectivity index (χ2n) is 6.62. The number of aromatic nitrogens is 1. The zero-order chi connectivity index (χ0) is 20.4. The number of carbonyl (C=O) groups excluding carboxylic acids is 1. The average molecular weight is 475 g/mol. The minimum absolute atomic E-state index is 0. The standard InChI is InChI=1S/C20H21Cl2N3O2S.ClH/c1-12-15(22)6-8-17-18(12)23-20(28-17)25(10-9-24(2)3)19(26)14-11-13(21)5-7-16(14)27-4;/h5-8,11H,9-10H2,1-4H3;1H. The highest BCUT2D eigenvalue weighted by molar-refractivity contribution is 7.22. The van der Waals surface area contributed by atoms with E-state index in [0.717, 1.165) is 15.8 Å². The lowest BCUT2D eigenvalue weighted by atomic mass is 10.1. The van der Waals surface area contributed by atoms with Crippen molar-refractivity contribution >= 4 is 68.2 Å². The van der Waals surface area contributed by atoms with E-state index >= 15 is 0 Å². The molecule has 0 aliphatic heterocycles. The molecule has 0 saturated heterocycles. The summed E-state index contributed by atoms with van der Waals surface area (Å²) in [6, 6.07) is 8.81. The summed E-state index contributed by atoms with van der Waals surface area (Å²) in [6.07, 6.45) is 0. The molecule has 2 aromatic carbocycles. The van der Waals surface area contributed by atoms with Crippen molar-refractivity contribution in [2.75, 3.05) is 39.2 Å². The van der Waals surface area contributed by atoms with Crippen molar-refractivity contribution < 1.29 is 9.53 Å². The first-order valence-corrected chi connectivity index (χ1v) is 10.2. The summed E-state index contributed by atoms with van der Waals surface area (Å²) in [5.74, 6) is 0.272. The number of benzene rings is 2. The van der Waals surface area contributed by atoms with E-state index in [2.05, 4.69) is 0 Å². The van der Waals surface area contributed by atoms with Gasteiger partial charge in [-0.15, -0.1) is 12.4 Å². The summed E-state index contributed by atoms with van der Waals surface area (Å²) in [6.45, 7) is 3.10. The number of methoxy groups -OCH3 is 1. The molecule has 1 heterocycles. The van der Waals surface area contributed by atoms with Crippen molar-refractivity contribution in [1.82, 2.24) is 9.88 Å². The number of carbonyl (C=O) groups is 1. The summed E-state index contributed by atoms with van der Waals surface area (Å²) < 4.78 is 6.36. The monoisotopic (exact) mass is 473 g/mol. The van der Waals surface area contributed by atoms with Gasteiger partial charge in [0.15, 0.2) is 5.13 Å². The van der Waals surface area contributed by atoms with E-state index in [4.69, 9.17) is 32.9 Å². The Kier molecular flexibility index (Phi) is 8.14. The molecule has 0 atom stereocenters. The maximum Gasteiger partial charge on any atom is 0.263 e. The van der Waals surface area contributed by atoms with Crippen LogP contribution in [0.4, 0.5) is 5.13 Å². The molecule has 0 spiro atoms. The number of hydrogen-bond acceptors (Lipinski definition) is 5. The highest BCUT2D eigenvalue weighted by Crippen LogP contribution is 2.35. The Bertz CT molecular complexity index is 1020. The first kappa shape index (κ1) is 23.7. The van der Waals surface area contributed by atoms with Crippen molar-refractivity contribution in [2.45, 2.75) is 6.92 Å². The lowest BCUT2D eigenvalue weighted by Gasteiger charge is -2.23. The van der Waals surface area contributed by atoms with Gasteiger partial charge in [-0.05, 0) is 56.9 Å². The summed E-state index contributed by atoms with van der Waals surface area (Å²) in [5.41, 5.74) is 2.12. The molecule has 3 aromatic rings. The number of anilines is 1. The molecule has 0 unspecified atom stereocenters. The van der Waals surface area contributed by atoms with Crippen molar-refractivity contribution in [2.24, 2.45) is 0 Å². The Hall–Kier alpha value is -1.57. The Labute approximate surface area is 190 Å². The van der Waals surface area contributed by atoms with Crippen LogP contribution in [0.3, 0.4) is 0 Å². The molecule has 5 nitrogen and oxygen atoms in total. The maximum atomic E-state index is 13.4. The number of likely N-dealkylation sites (N-methyl/N-ethyl adjacent to an activating group) is 1. The van der Waals surface area contributed by atoms with Crippen LogP contribution in [0.1, 0.15) is 15.9 Å². The van der Waals surface area contributed by atoms with Gasteiger partial charge in [-0.1, -0.05) is 34.5 Å². The fraction of sp³-hybridized carbons (Fsp3) is 0.300. The molecule has 1 aromatic heterocycles. The number of halogens is 3. The third-order valence-corrected chi connectivity index (χ3v) is 6.06. The number of amides is 1. The van der Waals surface area contributed by atoms with Crippen LogP contribution in [0.25, 0.3) is 10.2 Å². The molecule has 156 valence electrons. The van der Waals surface area contributed by atoms with Crippen LogP contribution in [0, 0.1) is 6.92 Å². The maximum absolute atomic E-state index is 13.4. The predicted octanol–water partition coefficient (Wildman–Crippen LogP) is 5.55. The van der Waals surface area contributed by atoms with Gasteiger partial charge in [-0.3, -0.25) is 9.69 Å². The van der Waals surface area contributed by atoms with Gasteiger partial charge in [0.2, 0.25) is 0 Å². The fourth-order valence-electron chi connectivity index (χ4n) is 2.78. The van der Waals surface area contributed by atoms with Gasteiger partial charge in [-0.2, -0.15) is 0 Å². The van der Waals surface area contributed by atoms with E-state index in [1.54, 1.807) is 23.1 Å². The summed E-state index contributed by atoms with van der Waals surface area (Å²) in [4.78, 5) is 21.8. The Balaban J connectivity index is 0.00000300. The summed E-state index contributed by atoms with van der Waals surface area (Å²) in [5, 5.41) is 1.75. The second kappa shape index (κ2) is 9.96. The van der Waals surface area contributed by atoms with Crippen LogP contribution >= 0.6 is 46.9 Å².